The van der Waals surface area contributed by atoms with E-state index in [2.05, 4.69) is 17.4 Å². The Morgan fingerprint density at radius 3 is 2.33 bits per heavy atom. The van der Waals surface area contributed by atoms with E-state index in [0.717, 1.165) is 18.4 Å². The van der Waals surface area contributed by atoms with Crippen LogP contribution in [0.15, 0.2) is 42.5 Å². The normalized spacial score (nSPS) is 15.5. The minimum atomic E-state index is -1.10. The van der Waals surface area contributed by atoms with Crippen molar-refractivity contribution < 1.29 is 19.1 Å². The van der Waals surface area contributed by atoms with Crippen LogP contribution < -0.4 is 5.32 Å². The summed E-state index contributed by atoms with van der Waals surface area (Å²) < 4.78 is 13.1. The van der Waals surface area contributed by atoms with Gasteiger partial charge in [0.1, 0.15) is 5.82 Å². The molecule has 0 spiro atoms. The fourth-order valence-corrected chi connectivity index (χ4v) is 3.63. The van der Waals surface area contributed by atoms with Crippen LogP contribution in [0.25, 0.3) is 0 Å². The van der Waals surface area contributed by atoms with Gasteiger partial charge in [-0.25, -0.2) is 4.39 Å². The molecule has 0 fully saturated rings. The molecular weight excluding hydrogens is 345 g/mol. The molecular formula is C22H24FNO3. The summed E-state index contributed by atoms with van der Waals surface area (Å²) >= 11 is 0. The highest BCUT2D eigenvalue weighted by Crippen LogP contribution is 2.25. The van der Waals surface area contributed by atoms with E-state index in [1.165, 1.54) is 48.2 Å². The van der Waals surface area contributed by atoms with Crippen molar-refractivity contribution in [2.24, 2.45) is 0 Å². The van der Waals surface area contributed by atoms with Gasteiger partial charge in [0.05, 0.1) is 12.0 Å². The van der Waals surface area contributed by atoms with Gasteiger partial charge in [-0.3, -0.25) is 9.59 Å². The Morgan fingerprint density at radius 2 is 1.67 bits per heavy atom. The first-order valence-electron chi connectivity index (χ1n) is 9.33. The van der Waals surface area contributed by atoms with Crippen LogP contribution in [0.4, 0.5) is 4.39 Å². The van der Waals surface area contributed by atoms with Gasteiger partial charge in [-0.05, 0) is 67.0 Å². The monoisotopic (exact) mass is 369 g/mol. The average Bonchev–Trinajstić information content (AvgIpc) is 2.66. The van der Waals surface area contributed by atoms with Crippen molar-refractivity contribution in [2.75, 3.05) is 0 Å². The number of carbonyl (C=O) groups is 2. The zero-order valence-electron chi connectivity index (χ0n) is 15.4. The molecule has 0 unspecified atom stereocenters. The van der Waals surface area contributed by atoms with Gasteiger partial charge in [0.25, 0.3) is 0 Å². The zero-order valence-corrected chi connectivity index (χ0v) is 15.4. The van der Waals surface area contributed by atoms with Crippen LogP contribution in [0.3, 0.4) is 0 Å². The van der Waals surface area contributed by atoms with Gasteiger partial charge in [-0.1, -0.05) is 30.3 Å². The van der Waals surface area contributed by atoms with Crippen molar-refractivity contribution in [2.45, 2.75) is 51.0 Å². The lowest BCUT2D eigenvalue weighted by molar-refractivity contribution is -0.140. The molecule has 0 heterocycles. The summed E-state index contributed by atoms with van der Waals surface area (Å²) in [4.78, 5) is 24.0. The van der Waals surface area contributed by atoms with E-state index in [0.29, 0.717) is 5.56 Å². The highest BCUT2D eigenvalue weighted by Gasteiger charge is 2.24. The number of benzene rings is 2. The number of aryl methyl sites for hydroxylation is 2. The molecule has 5 heteroatoms. The topological polar surface area (TPSA) is 66.4 Å². The largest absolute Gasteiger partial charge is 0.481 e. The van der Waals surface area contributed by atoms with Crippen molar-refractivity contribution in [3.63, 3.8) is 0 Å². The molecule has 2 aromatic rings. The van der Waals surface area contributed by atoms with Crippen molar-refractivity contribution in [1.82, 2.24) is 5.32 Å². The van der Waals surface area contributed by atoms with E-state index in [1.807, 2.05) is 13.0 Å². The third-order valence-electron chi connectivity index (χ3n) is 5.21. The Kier molecular flexibility index (Phi) is 5.89. The van der Waals surface area contributed by atoms with Crippen molar-refractivity contribution in [1.29, 1.82) is 0 Å². The lowest BCUT2D eigenvalue weighted by Crippen LogP contribution is -2.30. The van der Waals surface area contributed by atoms with Gasteiger partial charge in [-0.15, -0.1) is 0 Å². The molecule has 2 atom stereocenters. The summed E-state index contributed by atoms with van der Waals surface area (Å²) in [7, 11) is 0. The molecule has 0 radical (unpaired) electrons. The second kappa shape index (κ2) is 8.33. The number of hydrogen-bond acceptors (Lipinski definition) is 2. The summed E-state index contributed by atoms with van der Waals surface area (Å²) in [6, 6.07) is 11.3. The van der Waals surface area contributed by atoms with Crippen LogP contribution in [0.2, 0.25) is 0 Å². The number of carbonyl (C=O) groups excluding carboxylic acids is 1. The van der Waals surface area contributed by atoms with E-state index in [9.17, 15) is 19.1 Å². The summed E-state index contributed by atoms with van der Waals surface area (Å²) in [5.74, 6) is -2.87. The van der Waals surface area contributed by atoms with Crippen LogP contribution >= 0.6 is 0 Å². The Bertz CT molecular complexity index is 832. The van der Waals surface area contributed by atoms with E-state index in [4.69, 9.17) is 0 Å². The van der Waals surface area contributed by atoms with Gasteiger partial charge in [0, 0.05) is 6.42 Å². The fourth-order valence-electron chi connectivity index (χ4n) is 3.63. The van der Waals surface area contributed by atoms with Gasteiger partial charge in [0.2, 0.25) is 5.91 Å². The predicted molar refractivity (Wildman–Crippen MR) is 101 cm³/mol. The summed E-state index contributed by atoms with van der Waals surface area (Å²) in [6.07, 6.45) is 4.40. The maximum atomic E-state index is 13.1. The predicted octanol–water partition coefficient (Wildman–Crippen LogP) is 4.14. The third kappa shape index (κ3) is 4.73. The lowest BCUT2D eigenvalue weighted by Gasteiger charge is -2.21. The second-order valence-electron chi connectivity index (χ2n) is 7.17. The highest BCUT2D eigenvalue weighted by atomic mass is 19.1. The first-order chi connectivity index (χ1) is 12.9. The maximum Gasteiger partial charge on any atom is 0.311 e. The number of carboxylic acids is 1. The molecule has 0 bridgehead atoms. The Labute approximate surface area is 158 Å². The molecule has 142 valence electrons. The zero-order chi connectivity index (χ0) is 19.4. The number of fused-ring (bicyclic) bond motifs is 1. The molecule has 0 aromatic heterocycles. The number of nitrogens with one attached hydrogen (secondary N) is 1. The Hall–Kier alpha value is -2.69. The first kappa shape index (κ1) is 19.1. The number of hydrogen-bond donors (Lipinski definition) is 2. The molecule has 3 rings (SSSR count). The second-order valence-corrected chi connectivity index (χ2v) is 7.17. The average molecular weight is 369 g/mol. The molecule has 0 saturated heterocycles. The van der Waals surface area contributed by atoms with Crippen LogP contribution in [0.5, 0.6) is 0 Å². The molecule has 1 amide bonds. The molecule has 4 nitrogen and oxygen atoms in total. The number of aliphatic carboxylic acids is 1. The minimum Gasteiger partial charge on any atom is -0.481 e. The Morgan fingerprint density at radius 1 is 1.04 bits per heavy atom. The van der Waals surface area contributed by atoms with Crippen molar-refractivity contribution in [3.8, 4) is 0 Å². The molecule has 0 aliphatic heterocycles. The van der Waals surface area contributed by atoms with Gasteiger partial charge in [0.15, 0.2) is 0 Å². The molecule has 2 N–H and O–H groups in total. The molecule has 2 aromatic carbocycles. The van der Waals surface area contributed by atoms with E-state index >= 15 is 0 Å². The minimum absolute atomic E-state index is 0.184. The summed E-state index contributed by atoms with van der Waals surface area (Å²) in [6.45, 7) is 1.90. The summed E-state index contributed by atoms with van der Waals surface area (Å²) in [5, 5.41) is 12.3. The number of halogens is 1. The first-order valence-corrected chi connectivity index (χ1v) is 9.33. The molecule has 1 aliphatic rings. The van der Waals surface area contributed by atoms with Crippen LogP contribution in [0.1, 0.15) is 60.4 Å². The summed E-state index contributed by atoms with van der Waals surface area (Å²) in [5.41, 5.74) is 4.17. The quantitative estimate of drug-likeness (QED) is 0.804. The van der Waals surface area contributed by atoms with Crippen molar-refractivity contribution in [3.05, 3.63) is 70.5 Å². The standard InChI is InChI=1S/C22H24FNO3/c1-14(17-7-6-15-4-2-3-5-18(15)12-17)24-21(25)13-20(22(26)27)16-8-10-19(23)11-9-16/h6-12,14,20H,2-5,13H2,1H3,(H,24,25)(H,26,27)/t14-,20-/m1/s1. The van der Waals surface area contributed by atoms with Gasteiger partial charge in [-0.2, -0.15) is 0 Å². The molecule has 0 saturated carbocycles. The Balaban J connectivity index is 1.66. The smallest absolute Gasteiger partial charge is 0.311 e. The molecule has 27 heavy (non-hydrogen) atoms. The van der Waals surface area contributed by atoms with Gasteiger partial charge >= 0.3 is 5.97 Å². The number of amides is 1. The number of rotatable bonds is 6. The maximum absolute atomic E-state index is 13.1. The van der Waals surface area contributed by atoms with Gasteiger partial charge < -0.3 is 10.4 Å². The van der Waals surface area contributed by atoms with E-state index in [1.54, 1.807) is 0 Å². The van der Waals surface area contributed by atoms with Crippen LogP contribution in [0, 0.1) is 5.82 Å². The van der Waals surface area contributed by atoms with Crippen molar-refractivity contribution >= 4 is 11.9 Å². The number of carboxylic acid groups (broad SMARTS) is 1. The van der Waals surface area contributed by atoms with Crippen LogP contribution in [-0.4, -0.2) is 17.0 Å². The molecule has 1 aliphatic carbocycles. The van der Waals surface area contributed by atoms with E-state index in [-0.39, 0.29) is 18.4 Å². The highest BCUT2D eigenvalue weighted by molar-refractivity contribution is 5.85. The fraction of sp³-hybridized carbons (Fsp3) is 0.364. The SMILES string of the molecule is C[C@@H](NC(=O)C[C@@H](C(=O)O)c1ccc(F)cc1)c1ccc2c(c1)CCCC2. The third-order valence-corrected chi connectivity index (χ3v) is 5.21. The van der Waals surface area contributed by atoms with E-state index < -0.39 is 17.7 Å². The lowest BCUT2D eigenvalue weighted by atomic mass is 9.89. The van der Waals surface area contributed by atoms with Crippen LogP contribution in [-0.2, 0) is 22.4 Å².